The lowest BCUT2D eigenvalue weighted by atomic mass is 9.81. The molecule has 1 spiro atoms. The van der Waals surface area contributed by atoms with E-state index < -0.39 is 5.41 Å². The minimum Gasteiger partial charge on any atom is -0.355 e. The van der Waals surface area contributed by atoms with Crippen LogP contribution in [0.3, 0.4) is 0 Å². The molecule has 1 atom stereocenters. The van der Waals surface area contributed by atoms with Crippen molar-refractivity contribution in [2.24, 2.45) is 0 Å². The molecule has 3 heterocycles. The number of nitrogens with one attached hydrogen (secondary N) is 2. The van der Waals surface area contributed by atoms with Crippen molar-refractivity contribution in [1.82, 2.24) is 10.6 Å². The summed E-state index contributed by atoms with van der Waals surface area (Å²) in [5.41, 5.74) is 1.36. The quantitative estimate of drug-likeness (QED) is 0.792. The van der Waals surface area contributed by atoms with Gasteiger partial charge in [-0.3, -0.25) is 9.59 Å². The van der Waals surface area contributed by atoms with Gasteiger partial charge in [0.05, 0.1) is 0 Å². The first-order valence-electron chi connectivity index (χ1n) is 7.63. The molecule has 2 fully saturated rings. The van der Waals surface area contributed by atoms with Gasteiger partial charge in [-0.1, -0.05) is 18.2 Å². The number of benzene rings is 1. The molecule has 2 saturated heterocycles. The Labute approximate surface area is 123 Å². The molecule has 0 radical (unpaired) electrons. The van der Waals surface area contributed by atoms with Crippen molar-refractivity contribution in [2.75, 3.05) is 24.5 Å². The number of carbonyl (C=O) groups excluding carboxylic acids is 2. The number of fused-ring (bicyclic) bond motifs is 2. The first-order valence-corrected chi connectivity index (χ1v) is 7.63. The van der Waals surface area contributed by atoms with Gasteiger partial charge in [0.2, 0.25) is 11.8 Å². The summed E-state index contributed by atoms with van der Waals surface area (Å²) in [6.07, 6.45) is 2.22. The van der Waals surface area contributed by atoms with E-state index in [-0.39, 0.29) is 24.3 Å². The molecule has 2 amide bonds. The van der Waals surface area contributed by atoms with Crippen LogP contribution in [0.15, 0.2) is 24.3 Å². The van der Waals surface area contributed by atoms with E-state index in [4.69, 9.17) is 0 Å². The predicted molar refractivity (Wildman–Crippen MR) is 79.1 cm³/mol. The molecule has 0 aromatic heterocycles. The van der Waals surface area contributed by atoms with Crippen molar-refractivity contribution in [2.45, 2.75) is 30.7 Å². The Morgan fingerprint density at radius 3 is 2.62 bits per heavy atom. The number of anilines is 1. The minimum absolute atomic E-state index is 0.0229. The fourth-order valence-electron chi connectivity index (χ4n) is 3.96. The van der Waals surface area contributed by atoms with Gasteiger partial charge in [-0.25, -0.2) is 0 Å². The van der Waals surface area contributed by atoms with Gasteiger partial charge in [-0.05, 0) is 37.6 Å². The van der Waals surface area contributed by atoms with Crippen LogP contribution in [0.2, 0.25) is 0 Å². The molecule has 1 aromatic rings. The van der Waals surface area contributed by atoms with Gasteiger partial charge in [0.1, 0.15) is 5.41 Å². The van der Waals surface area contributed by atoms with E-state index in [1.165, 1.54) is 0 Å². The van der Waals surface area contributed by atoms with Crippen molar-refractivity contribution in [3.8, 4) is 0 Å². The number of nitrogens with zero attached hydrogens (tertiary/aromatic N) is 1. The number of hydrogen-bond acceptors (Lipinski definition) is 3. The average molecular weight is 285 g/mol. The minimum atomic E-state index is -0.668. The Balaban J connectivity index is 1.80. The Bertz CT molecular complexity index is 609. The van der Waals surface area contributed by atoms with E-state index in [2.05, 4.69) is 10.6 Å². The Hall–Kier alpha value is -1.88. The molecule has 0 aliphatic carbocycles. The summed E-state index contributed by atoms with van der Waals surface area (Å²) in [7, 11) is 0. The zero-order chi connectivity index (χ0) is 14.4. The van der Waals surface area contributed by atoms with E-state index in [1.54, 1.807) is 0 Å². The van der Waals surface area contributed by atoms with Crippen LogP contribution in [-0.4, -0.2) is 37.5 Å². The van der Waals surface area contributed by atoms with Crippen LogP contribution in [0.25, 0.3) is 0 Å². The third-order valence-electron chi connectivity index (χ3n) is 5.03. The van der Waals surface area contributed by atoms with E-state index in [9.17, 15) is 9.59 Å². The van der Waals surface area contributed by atoms with Crippen LogP contribution in [0, 0.1) is 0 Å². The van der Waals surface area contributed by atoms with Crippen LogP contribution < -0.4 is 15.5 Å². The molecule has 21 heavy (non-hydrogen) atoms. The number of piperidine rings is 1. The first kappa shape index (κ1) is 12.8. The van der Waals surface area contributed by atoms with Crippen LogP contribution in [0.1, 0.15) is 24.8 Å². The van der Waals surface area contributed by atoms with Gasteiger partial charge in [0.25, 0.3) is 0 Å². The molecule has 4 rings (SSSR count). The molecule has 110 valence electrons. The molecule has 2 N–H and O–H groups in total. The van der Waals surface area contributed by atoms with Gasteiger partial charge in [0.15, 0.2) is 0 Å². The van der Waals surface area contributed by atoms with Crippen molar-refractivity contribution in [3.05, 3.63) is 29.8 Å². The maximum absolute atomic E-state index is 13.1. The second kappa shape index (κ2) is 4.56. The normalized spacial score (nSPS) is 29.0. The zero-order valence-corrected chi connectivity index (χ0v) is 11.9. The van der Waals surface area contributed by atoms with E-state index >= 15 is 0 Å². The van der Waals surface area contributed by atoms with E-state index in [0.29, 0.717) is 6.54 Å². The van der Waals surface area contributed by atoms with Crippen molar-refractivity contribution in [1.29, 1.82) is 0 Å². The van der Waals surface area contributed by atoms with Gasteiger partial charge < -0.3 is 15.5 Å². The molecular weight excluding hydrogens is 266 g/mol. The number of amides is 2. The maximum Gasteiger partial charge on any atom is 0.240 e. The number of carbonyl (C=O) groups is 2. The highest BCUT2D eigenvalue weighted by molar-refractivity contribution is 6.12. The second-order valence-electron chi connectivity index (χ2n) is 6.21. The third-order valence-corrected chi connectivity index (χ3v) is 5.03. The summed E-state index contributed by atoms with van der Waals surface area (Å²) in [5, 5.41) is 6.19. The van der Waals surface area contributed by atoms with Gasteiger partial charge in [-0.15, -0.1) is 0 Å². The largest absolute Gasteiger partial charge is 0.355 e. The Kier molecular flexibility index (Phi) is 2.79. The highest BCUT2D eigenvalue weighted by Gasteiger charge is 2.56. The SMILES string of the molecule is O=C1CC2(CN1)C(=O)N(C1CCNCC1)c1ccccc12. The predicted octanol–water partition coefficient (Wildman–Crippen LogP) is 0.543. The van der Waals surface area contributed by atoms with Crippen molar-refractivity contribution >= 4 is 17.5 Å². The standard InChI is InChI=1S/C16H19N3O2/c20-14-9-16(10-18-14)12-3-1-2-4-13(12)19(15(16)21)11-5-7-17-8-6-11/h1-4,11,17H,5-10H2,(H,18,20). The first-order chi connectivity index (χ1) is 10.2. The summed E-state index contributed by atoms with van der Waals surface area (Å²) >= 11 is 0. The lowest BCUT2D eigenvalue weighted by Crippen LogP contribution is -2.49. The summed E-state index contributed by atoms with van der Waals surface area (Å²) in [4.78, 5) is 26.9. The average Bonchev–Trinajstić information content (AvgIpc) is 3.02. The number of hydrogen-bond donors (Lipinski definition) is 2. The topological polar surface area (TPSA) is 61.4 Å². The molecule has 3 aliphatic rings. The fraction of sp³-hybridized carbons (Fsp3) is 0.500. The van der Waals surface area contributed by atoms with Crippen LogP contribution in [0.5, 0.6) is 0 Å². The van der Waals surface area contributed by atoms with Crippen molar-refractivity contribution in [3.63, 3.8) is 0 Å². The van der Waals surface area contributed by atoms with Gasteiger partial charge in [0, 0.05) is 24.7 Å². The molecular formula is C16H19N3O2. The highest BCUT2D eigenvalue weighted by atomic mass is 16.2. The maximum atomic E-state index is 13.1. The van der Waals surface area contributed by atoms with Crippen LogP contribution in [0.4, 0.5) is 5.69 Å². The van der Waals surface area contributed by atoms with Gasteiger partial charge in [-0.2, -0.15) is 0 Å². The smallest absolute Gasteiger partial charge is 0.240 e. The van der Waals surface area contributed by atoms with Gasteiger partial charge >= 0.3 is 0 Å². The number of para-hydroxylation sites is 1. The zero-order valence-electron chi connectivity index (χ0n) is 11.9. The molecule has 0 saturated carbocycles. The molecule has 5 heteroatoms. The third kappa shape index (κ3) is 1.73. The molecule has 1 aromatic carbocycles. The Morgan fingerprint density at radius 2 is 1.90 bits per heavy atom. The molecule has 5 nitrogen and oxygen atoms in total. The van der Waals surface area contributed by atoms with Crippen molar-refractivity contribution < 1.29 is 9.59 Å². The molecule has 3 aliphatic heterocycles. The fourth-order valence-corrected chi connectivity index (χ4v) is 3.96. The van der Waals surface area contributed by atoms with Crippen LogP contribution >= 0.6 is 0 Å². The summed E-state index contributed by atoms with van der Waals surface area (Å²) < 4.78 is 0. The summed E-state index contributed by atoms with van der Waals surface area (Å²) in [5.74, 6) is 0.0827. The number of rotatable bonds is 1. The Morgan fingerprint density at radius 1 is 1.14 bits per heavy atom. The van der Waals surface area contributed by atoms with Crippen LogP contribution in [-0.2, 0) is 15.0 Å². The summed E-state index contributed by atoms with van der Waals surface area (Å²) in [6.45, 7) is 2.32. The lowest BCUT2D eigenvalue weighted by Gasteiger charge is -2.33. The lowest BCUT2D eigenvalue weighted by molar-refractivity contribution is -0.125. The molecule has 1 unspecified atom stereocenters. The van der Waals surface area contributed by atoms with E-state index in [1.807, 2.05) is 29.2 Å². The monoisotopic (exact) mass is 285 g/mol. The molecule has 0 bridgehead atoms. The highest BCUT2D eigenvalue weighted by Crippen LogP contribution is 2.47. The second-order valence-corrected chi connectivity index (χ2v) is 6.21. The summed E-state index contributed by atoms with van der Waals surface area (Å²) in [6, 6.07) is 8.21. The van der Waals surface area contributed by atoms with E-state index in [0.717, 1.165) is 37.2 Å².